The SMILES string of the molecule is C=C(C)/C(=C\C)N(C1=CC=C(C=C=CC)C=C=C1)c1ccccc1. The first-order chi connectivity index (χ1) is 11.7. The van der Waals surface area contributed by atoms with E-state index in [4.69, 9.17) is 0 Å². The molecule has 0 aromatic heterocycles. The summed E-state index contributed by atoms with van der Waals surface area (Å²) in [4.78, 5) is 2.20. The average molecular weight is 313 g/mol. The topological polar surface area (TPSA) is 3.24 Å². The molecule has 1 aliphatic carbocycles. The summed E-state index contributed by atoms with van der Waals surface area (Å²) < 4.78 is 0. The van der Waals surface area contributed by atoms with Gasteiger partial charge < -0.3 is 4.90 Å². The molecule has 0 atom stereocenters. The Balaban J connectivity index is 2.55. The first-order valence-electron chi connectivity index (χ1n) is 8.06. The molecule has 0 aliphatic heterocycles. The van der Waals surface area contributed by atoms with E-state index >= 15 is 0 Å². The molecular formula is C23H23N. The zero-order valence-corrected chi connectivity index (χ0v) is 14.6. The second kappa shape index (κ2) is 8.60. The highest BCUT2D eigenvalue weighted by molar-refractivity contribution is 5.64. The molecule has 0 saturated carbocycles. The van der Waals surface area contributed by atoms with Gasteiger partial charge in [-0.25, -0.2) is 0 Å². The van der Waals surface area contributed by atoms with Gasteiger partial charge in [0.1, 0.15) is 0 Å². The summed E-state index contributed by atoms with van der Waals surface area (Å²) in [5, 5.41) is 0. The Morgan fingerprint density at radius 2 is 1.88 bits per heavy atom. The van der Waals surface area contributed by atoms with E-state index in [2.05, 4.69) is 53.3 Å². The van der Waals surface area contributed by atoms with Gasteiger partial charge in [0, 0.05) is 17.5 Å². The van der Waals surface area contributed by atoms with Crippen LogP contribution in [0, 0.1) is 0 Å². The minimum Gasteiger partial charge on any atom is -0.310 e. The van der Waals surface area contributed by atoms with Crippen molar-refractivity contribution in [2.75, 3.05) is 4.90 Å². The Bertz CT molecular complexity index is 816. The largest absolute Gasteiger partial charge is 0.310 e. The van der Waals surface area contributed by atoms with Gasteiger partial charge in [0.15, 0.2) is 0 Å². The average Bonchev–Trinajstić information content (AvgIpc) is 2.83. The second-order valence-corrected chi connectivity index (χ2v) is 5.44. The van der Waals surface area contributed by atoms with Crippen LogP contribution in [0.25, 0.3) is 0 Å². The van der Waals surface area contributed by atoms with Gasteiger partial charge in [-0.1, -0.05) is 36.9 Å². The summed E-state index contributed by atoms with van der Waals surface area (Å²) >= 11 is 0. The molecule has 0 spiro atoms. The predicted molar refractivity (Wildman–Crippen MR) is 105 cm³/mol. The molecule has 1 heteroatoms. The summed E-state index contributed by atoms with van der Waals surface area (Å²) in [5.74, 6) is 0. The highest BCUT2D eigenvalue weighted by Gasteiger charge is 2.15. The Hall–Kier alpha value is -2.98. The summed E-state index contributed by atoms with van der Waals surface area (Å²) in [6.45, 7) is 10.1. The third-order valence-electron chi connectivity index (χ3n) is 3.57. The normalized spacial score (nSPS) is 13.4. The van der Waals surface area contributed by atoms with Crippen molar-refractivity contribution in [1.82, 2.24) is 0 Å². The van der Waals surface area contributed by atoms with Gasteiger partial charge >= 0.3 is 0 Å². The molecule has 1 aromatic rings. The molecular weight excluding hydrogens is 290 g/mol. The number of anilines is 1. The molecule has 120 valence electrons. The minimum absolute atomic E-state index is 1.02. The van der Waals surface area contributed by atoms with Gasteiger partial charge in [-0.15, -0.1) is 11.5 Å². The molecule has 0 fully saturated rings. The van der Waals surface area contributed by atoms with Gasteiger partial charge in [0.25, 0.3) is 0 Å². The predicted octanol–water partition coefficient (Wildman–Crippen LogP) is 6.24. The first kappa shape index (κ1) is 17.4. The van der Waals surface area contributed by atoms with Crippen molar-refractivity contribution in [1.29, 1.82) is 0 Å². The Morgan fingerprint density at radius 3 is 2.50 bits per heavy atom. The summed E-state index contributed by atoms with van der Waals surface area (Å²) in [7, 11) is 0. The molecule has 1 aromatic carbocycles. The zero-order chi connectivity index (χ0) is 17.4. The molecule has 0 unspecified atom stereocenters. The van der Waals surface area contributed by atoms with Gasteiger partial charge in [0.05, 0.1) is 5.70 Å². The maximum Gasteiger partial charge on any atom is 0.0538 e. The van der Waals surface area contributed by atoms with Crippen LogP contribution < -0.4 is 4.90 Å². The van der Waals surface area contributed by atoms with Crippen LogP contribution in [-0.2, 0) is 0 Å². The lowest BCUT2D eigenvalue weighted by atomic mass is 10.1. The van der Waals surface area contributed by atoms with Crippen LogP contribution in [0.2, 0.25) is 0 Å². The van der Waals surface area contributed by atoms with E-state index in [1.807, 2.05) is 63.3 Å². The van der Waals surface area contributed by atoms with E-state index in [0.717, 1.165) is 28.2 Å². The van der Waals surface area contributed by atoms with E-state index in [1.54, 1.807) is 0 Å². The van der Waals surface area contributed by atoms with Crippen molar-refractivity contribution in [2.24, 2.45) is 0 Å². The second-order valence-electron chi connectivity index (χ2n) is 5.44. The number of para-hydroxylation sites is 1. The number of allylic oxidation sites excluding steroid dienone is 7. The summed E-state index contributed by atoms with van der Waals surface area (Å²) in [5.41, 5.74) is 11.6. The fourth-order valence-corrected chi connectivity index (χ4v) is 2.48. The van der Waals surface area contributed by atoms with Crippen LogP contribution in [-0.4, -0.2) is 0 Å². The molecule has 0 saturated heterocycles. The van der Waals surface area contributed by atoms with Crippen molar-refractivity contribution < 1.29 is 0 Å². The molecule has 2 rings (SSSR count). The van der Waals surface area contributed by atoms with Gasteiger partial charge in [-0.3, -0.25) is 0 Å². The molecule has 24 heavy (non-hydrogen) atoms. The number of nitrogens with zero attached hydrogens (tertiary/aromatic N) is 1. The van der Waals surface area contributed by atoms with Crippen molar-refractivity contribution in [2.45, 2.75) is 20.8 Å². The maximum atomic E-state index is 4.13. The quantitative estimate of drug-likeness (QED) is 0.459. The van der Waals surface area contributed by atoms with Crippen molar-refractivity contribution in [3.63, 3.8) is 0 Å². The fourth-order valence-electron chi connectivity index (χ4n) is 2.48. The van der Waals surface area contributed by atoms with E-state index in [9.17, 15) is 0 Å². The van der Waals surface area contributed by atoms with Crippen LogP contribution in [0.5, 0.6) is 0 Å². The number of benzene rings is 1. The lowest BCUT2D eigenvalue weighted by molar-refractivity contribution is 1.10. The Morgan fingerprint density at radius 1 is 1.12 bits per heavy atom. The third kappa shape index (κ3) is 4.27. The van der Waals surface area contributed by atoms with Crippen LogP contribution >= 0.6 is 0 Å². The van der Waals surface area contributed by atoms with Crippen LogP contribution in [0.4, 0.5) is 5.69 Å². The van der Waals surface area contributed by atoms with Gasteiger partial charge in [-0.2, -0.15) is 0 Å². The van der Waals surface area contributed by atoms with E-state index in [1.165, 1.54) is 0 Å². The lowest BCUT2D eigenvalue weighted by Crippen LogP contribution is -2.21. The van der Waals surface area contributed by atoms with Crippen molar-refractivity contribution in [3.8, 4) is 0 Å². The smallest absolute Gasteiger partial charge is 0.0538 e. The Kier molecular flexibility index (Phi) is 6.23. The highest BCUT2D eigenvalue weighted by atomic mass is 15.2. The molecule has 0 radical (unpaired) electrons. The van der Waals surface area contributed by atoms with Gasteiger partial charge in [0.2, 0.25) is 0 Å². The molecule has 0 bridgehead atoms. The fraction of sp³-hybridized carbons (Fsp3) is 0.130. The minimum atomic E-state index is 1.02. The van der Waals surface area contributed by atoms with E-state index < -0.39 is 0 Å². The van der Waals surface area contributed by atoms with Gasteiger partial charge in [-0.05, 0) is 68.4 Å². The van der Waals surface area contributed by atoms with E-state index in [0.29, 0.717) is 0 Å². The summed E-state index contributed by atoms with van der Waals surface area (Å²) in [6.07, 6.45) is 14.0. The highest BCUT2D eigenvalue weighted by Crippen LogP contribution is 2.28. The third-order valence-corrected chi connectivity index (χ3v) is 3.57. The molecule has 0 heterocycles. The Labute approximate surface area is 145 Å². The van der Waals surface area contributed by atoms with E-state index in [-0.39, 0.29) is 0 Å². The monoisotopic (exact) mass is 313 g/mol. The van der Waals surface area contributed by atoms with Crippen molar-refractivity contribution in [3.05, 3.63) is 113 Å². The van der Waals surface area contributed by atoms with Crippen molar-refractivity contribution >= 4 is 5.69 Å². The standard InChI is InChI=1S/C23H23N/c1-5-7-12-20-13-11-16-22(18-17-20)24(23(6-2)19(3)4)21-14-9-8-10-15-21/h5-6,8-10,12-18H,3H2,1-2,4H3/b23-6+. The summed E-state index contributed by atoms with van der Waals surface area (Å²) in [6, 6.07) is 10.3. The number of rotatable bonds is 5. The maximum absolute atomic E-state index is 4.13. The molecule has 0 N–H and O–H groups in total. The van der Waals surface area contributed by atoms with Crippen LogP contribution in [0.15, 0.2) is 113 Å². The number of hydrogen-bond acceptors (Lipinski definition) is 1. The zero-order valence-electron chi connectivity index (χ0n) is 14.6. The number of hydrogen-bond donors (Lipinski definition) is 0. The van der Waals surface area contributed by atoms with Crippen LogP contribution in [0.3, 0.4) is 0 Å². The first-order valence-corrected chi connectivity index (χ1v) is 8.06. The molecule has 1 aliphatic rings. The lowest BCUT2D eigenvalue weighted by Gasteiger charge is -2.28. The van der Waals surface area contributed by atoms with Crippen LogP contribution in [0.1, 0.15) is 20.8 Å². The molecule has 0 amide bonds. The molecule has 1 nitrogen and oxygen atoms in total.